The van der Waals surface area contributed by atoms with Crippen molar-refractivity contribution in [3.05, 3.63) is 0 Å². The van der Waals surface area contributed by atoms with Crippen LogP contribution in [0.15, 0.2) is 0 Å². The van der Waals surface area contributed by atoms with Crippen LogP contribution in [-0.2, 0) is 4.79 Å². The van der Waals surface area contributed by atoms with Gasteiger partial charge in [-0.2, -0.15) is 0 Å². The molecule has 0 bridgehead atoms. The molecule has 0 radical (unpaired) electrons. The van der Waals surface area contributed by atoms with Crippen LogP contribution in [0.5, 0.6) is 0 Å². The number of hydrogen-bond donors (Lipinski definition) is 2. The molecule has 0 aliphatic carbocycles. The Balaban J connectivity index is 1.88. The van der Waals surface area contributed by atoms with Gasteiger partial charge in [-0.05, 0) is 12.8 Å². The van der Waals surface area contributed by atoms with E-state index in [4.69, 9.17) is 0 Å². The molecule has 0 saturated carbocycles. The molecule has 2 unspecified atom stereocenters. The van der Waals surface area contributed by atoms with Crippen LogP contribution in [0, 0.1) is 0 Å². The fourth-order valence-corrected chi connectivity index (χ4v) is 2.79. The topological polar surface area (TPSA) is 64.7 Å². The average molecular weight is 268 g/mol. The SMILES string of the molecule is CCC1CN(CCN2C(=O)CNC2=O)C(CC)CN1. The highest BCUT2D eigenvalue weighted by Crippen LogP contribution is 2.12. The van der Waals surface area contributed by atoms with E-state index >= 15 is 0 Å². The smallest absolute Gasteiger partial charge is 0.324 e. The van der Waals surface area contributed by atoms with Crippen molar-refractivity contribution in [2.45, 2.75) is 38.8 Å². The summed E-state index contributed by atoms with van der Waals surface area (Å²) in [6.07, 6.45) is 2.19. The number of imide groups is 1. The van der Waals surface area contributed by atoms with Crippen LogP contribution in [0.4, 0.5) is 4.79 Å². The van der Waals surface area contributed by atoms with E-state index in [0.717, 1.165) is 32.5 Å². The zero-order valence-electron chi connectivity index (χ0n) is 11.8. The number of carbonyl (C=O) groups excluding carboxylic acids is 2. The first-order valence-electron chi connectivity index (χ1n) is 7.21. The Labute approximate surface area is 114 Å². The van der Waals surface area contributed by atoms with Crippen LogP contribution in [0.25, 0.3) is 0 Å². The molecule has 2 aliphatic rings. The zero-order valence-corrected chi connectivity index (χ0v) is 11.8. The second kappa shape index (κ2) is 6.34. The fourth-order valence-electron chi connectivity index (χ4n) is 2.79. The second-order valence-electron chi connectivity index (χ2n) is 5.27. The van der Waals surface area contributed by atoms with Crippen LogP contribution in [0.3, 0.4) is 0 Å². The highest BCUT2D eigenvalue weighted by atomic mass is 16.2. The van der Waals surface area contributed by atoms with Crippen molar-refractivity contribution in [3.63, 3.8) is 0 Å². The molecule has 2 rings (SSSR count). The largest absolute Gasteiger partial charge is 0.329 e. The minimum Gasteiger partial charge on any atom is -0.329 e. The van der Waals surface area contributed by atoms with E-state index in [0.29, 0.717) is 18.6 Å². The van der Waals surface area contributed by atoms with Crippen molar-refractivity contribution < 1.29 is 9.59 Å². The molecule has 0 aromatic carbocycles. The lowest BCUT2D eigenvalue weighted by atomic mass is 10.1. The summed E-state index contributed by atoms with van der Waals surface area (Å²) in [5.74, 6) is -0.111. The molecule has 2 fully saturated rings. The molecule has 0 aromatic heterocycles. The lowest BCUT2D eigenvalue weighted by molar-refractivity contribution is -0.125. The lowest BCUT2D eigenvalue weighted by Gasteiger charge is -2.40. The van der Waals surface area contributed by atoms with Gasteiger partial charge < -0.3 is 10.6 Å². The van der Waals surface area contributed by atoms with E-state index in [1.807, 2.05) is 0 Å². The molecule has 2 saturated heterocycles. The monoisotopic (exact) mass is 268 g/mol. The van der Waals surface area contributed by atoms with Gasteiger partial charge in [0, 0.05) is 38.3 Å². The first-order valence-corrected chi connectivity index (χ1v) is 7.21. The number of urea groups is 1. The van der Waals surface area contributed by atoms with E-state index in [9.17, 15) is 9.59 Å². The van der Waals surface area contributed by atoms with Gasteiger partial charge in [0.15, 0.2) is 0 Å². The zero-order chi connectivity index (χ0) is 13.8. The van der Waals surface area contributed by atoms with Crippen molar-refractivity contribution in [2.24, 2.45) is 0 Å². The Morgan fingerprint density at radius 3 is 2.58 bits per heavy atom. The quantitative estimate of drug-likeness (QED) is 0.689. The first kappa shape index (κ1) is 14.3. The number of nitrogens with zero attached hydrogens (tertiary/aromatic N) is 2. The summed E-state index contributed by atoms with van der Waals surface area (Å²) in [5, 5.41) is 6.10. The molecular formula is C13H24N4O2. The molecule has 0 aromatic rings. The molecule has 108 valence electrons. The standard InChI is InChI=1S/C13H24N4O2/c1-3-10-9-16(11(4-2)7-14-10)5-6-17-12(18)8-15-13(17)19/h10-11,14H,3-9H2,1-2H3,(H,15,19). The van der Waals surface area contributed by atoms with E-state index in [1.165, 1.54) is 4.90 Å². The minimum atomic E-state index is -0.250. The molecule has 2 aliphatic heterocycles. The van der Waals surface area contributed by atoms with Gasteiger partial charge >= 0.3 is 6.03 Å². The molecule has 2 heterocycles. The molecular weight excluding hydrogens is 244 g/mol. The summed E-state index contributed by atoms with van der Waals surface area (Å²) in [7, 11) is 0. The summed E-state index contributed by atoms with van der Waals surface area (Å²) in [4.78, 5) is 26.8. The van der Waals surface area contributed by atoms with Gasteiger partial charge in [0.2, 0.25) is 5.91 Å². The van der Waals surface area contributed by atoms with Gasteiger partial charge in [-0.15, -0.1) is 0 Å². The second-order valence-corrected chi connectivity index (χ2v) is 5.27. The van der Waals surface area contributed by atoms with Gasteiger partial charge in [0.05, 0.1) is 6.54 Å². The average Bonchev–Trinajstić information content (AvgIpc) is 2.75. The lowest BCUT2D eigenvalue weighted by Crippen LogP contribution is -2.57. The molecule has 2 N–H and O–H groups in total. The van der Waals surface area contributed by atoms with Crippen LogP contribution >= 0.6 is 0 Å². The summed E-state index contributed by atoms with van der Waals surface area (Å²) in [5.41, 5.74) is 0. The molecule has 6 nitrogen and oxygen atoms in total. The first-order chi connectivity index (χ1) is 9.15. The number of piperazine rings is 1. The van der Waals surface area contributed by atoms with Gasteiger partial charge in [0.1, 0.15) is 0 Å². The van der Waals surface area contributed by atoms with E-state index < -0.39 is 0 Å². The predicted octanol–water partition coefficient (Wildman–Crippen LogP) is 0.000600. The van der Waals surface area contributed by atoms with Gasteiger partial charge in [-0.3, -0.25) is 14.6 Å². The van der Waals surface area contributed by atoms with Crippen molar-refractivity contribution in [1.82, 2.24) is 20.4 Å². The van der Waals surface area contributed by atoms with Crippen molar-refractivity contribution in [1.29, 1.82) is 0 Å². The Morgan fingerprint density at radius 1 is 1.21 bits per heavy atom. The third-order valence-electron chi connectivity index (χ3n) is 4.13. The van der Waals surface area contributed by atoms with Gasteiger partial charge in [-0.1, -0.05) is 13.8 Å². The number of rotatable bonds is 5. The normalized spacial score (nSPS) is 28.8. The maximum absolute atomic E-state index is 11.5. The minimum absolute atomic E-state index is 0.111. The van der Waals surface area contributed by atoms with Gasteiger partial charge in [-0.25, -0.2) is 4.79 Å². The summed E-state index contributed by atoms with van der Waals surface area (Å²) >= 11 is 0. The Bertz CT molecular complexity index is 332. The van der Waals surface area contributed by atoms with E-state index in [2.05, 4.69) is 29.4 Å². The Morgan fingerprint density at radius 2 is 2.00 bits per heavy atom. The van der Waals surface area contributed by atoms with Crippen LogP contribution in [0.1, 0.15) is 26.7 Å². The maximum atomic E-state index is 11.5. The van der Waals surface area contributed by atoms with Crippen molar-refractivity contribution in [3.8, 4) is 0 Å². The molecule has 19 heavy (non-hydrogen) atoms. The fraction of sp³-hybridized carbons (Fsp3) is 0.846. The number of nitrogens with one attached hydrogen (secondary N) is 2. The van der Waals surface area contributed by atoms with Crippen LogP contribution < -0.4 is 10.6 Å². The predicted molar refractivity (Wildman–Crippen MR) is 72.8 cm³/mol. The summed E-state index contributed by atoms with van der Waals surface area (Å²) in [6.45, 7) is 7.77. The summed E-state index contributed by atoms with van der Waals surface area (Å²) in [6, 6.07) is 0.773. The van der Waals surface area contributed by atoms with E-state index in [1.54, 1.807) is 0 Å². The van der Waals surface area contributed by atoms with E-state index in [-0.39, 0.29) is 18.5 Å². The highest BCUT2D eigenvalue weighted by Gasteiger charge is 2.31. The Hall–Kier alpha value is -1.14. The third kappa shape index (κ3) is 3.25. The molecule has 2 atom stereocenters. The molecule has 0 spiro atoms. The van der Waals surface area contributed by atoms with Crippen LogP contribution in [0.2, 0.25) is 0 Å². The number of carbonyl (C=O) groups is 2. The van der Waals surface area contributed by atoms with Crippen LogP contribution in [-0.4, -0.2) is 66.5 Å². The summed E-state index contributed by atoms with van der Waals surface area (Å²) < 4.78 is 0. The molecule has 6 heteroatoms. The number of hydrogen-bond acceptors (Lipinski definition) is 4. The highest BCUT2D eigenvalue weighted by molar-refractivity contribution is 6.01. The van der Waals surface area contributed by atoms with Gasteiger partial charge in [0.25, 0.3) is 0 Å². The number of amides is 3. The maximum Gasteiger partial charge on any atom is 0.324 e. The van der Waals surface area contributed by atoms with Crippen molar-refractivity contribution >= 4 is 11.9 Å². The third-order valence-corrected chi connectivity index (χ3v) is 4.13. The Kier molecular flexibility index (Phi) is 4.76. The molecule has 3 amide bonds. The van der Waals surface area contributed by atoms with Crippen molar-refractivity contribution in [2.75, 3.05) is 32.7 Å².